The summed E-state index contributed by atoms with van der Waals surface area (Å²) in [7, 11) is 0. The number of aliphatic hydroxyl groups excluding tert-OH is 2. The highest BCUT2D eigenvalue weighted by Crippen LogP contribution is 2.11. The Morgan fingerprint density at radius 1 is 1.06 bits per heavy atom. The maximum Gasteiger partial charge on any atom is 0.159 e. The van der Waals surface area contributed by atoms with Crippen molar-refractivity contribution in [3.8, 4) is 0 Å². The van der Waals surface area contributed by atoms with Gasteiger partial charge in [0.05, 0.1) is 12.2 Å². The third kappa shape index (κ3) is 5.08. The van der Waals surface area contributed by atoms with Crippen LogP contribution in [0, 0.1) is 11.6 Å². The summed E-state index contributed by atoms with van der Waals surface area (Å²) < 4.78 is 25.9. The molecule has 0 radical (unpaired) electrons. The van der Waals surface area contributed by atoms with Gasteiger partial charge < -0.3 is 10.2 Å². The lowest BCUT2D eigenvalue weighted by atomic mass is 10.2. The van der Waals surface area contributed by atoms with E-state index in [2.05, 4.69) is 0 Å². The number of halogens is 2. The van der Waals surface area contributed by atoms with E-state index in [1.54, 1.807) is 18.7 Å². The van der Waals surface area contributed by atoms with Crippen LogP contribution in [0.5, 0.6) is 0 Å². The van der Waals surface area contributed by atoms with Crippen molar-refractivity contribution in [1.82, 2.24) is 4.90 Å². The molecule has 0 aliphatic carbocycles. The van der Waals surface area contributed by atoms with Crippen molar-refractivity contribution in [3.05, 3.63) is 35.4 Å². The van der Waals surface area contributed by atoms with Gasteiger partial charge >= 0.3 is 0 Å². The SMILES string of the molecule is CC(O)CN(Cc1ccc(F)c(F)c1)CC(C)O. The third-order valence-corrected chi connectivity index (χ3v) is 2.44. The highest BCUT2D eigenvalue weighted by atomic mass is 19.2. The van der Waals surface area contributed by atoms with E-state index in [0.29, 0.717) is 25.2 Å². The lowest BCUT2D eigenvalue weighted by Crippen LogP contribution is -2.35. The van der Waals surface area contributed by atoms with Crippen LogP contribution in [-0.2, 0) is 6.54 Å². The van der Waals surface area contributed by atoms with Crippen LogP contribution in [0.15, 0.2) is 18.2 Å². The molecule has 0 aromatic heterocycles. The van der Waals surface area contributed by atoms with Gasteiger partial charge in [-0.05, 0) is 31.5 Å². The molecule has 2 N–H and O–H groups in total. The Labute approximate surface area is 106 Å². The average molecular weight is 259 g/mol. The molecule has 0 aliphatic rings. The molecule has 2 unspecified atom stereocenters. The molecule has 0 amide bonds. The van der Waals surface area contributed by atoms with Crippen LogP contribution in [0.4, 0.5) is 8.78 Å². The smallest absolute Gasteiger partial charge is 0.159 e. The van der Waals surface area contributed by atoms with E-state index >= 15 is 0 Å². The molecular formula is C13H19F2NO2. The lowest BCUT2D eigenvalue weighted by Gasteiger charge is -2.25. The molecule has 102 valence electrons. The first-order valence-electron chi connectivity index (χ1n) is 5.91. The van der Waals surface area contributed by atoms with Gasteiger partial charge in [-0.3, -0.25) is 4.90 Å². The van der Waals surface area contributed by atoms with Crippen molar-refractivity contribution >= 4 is 0 Å². The zero-order chi connectivity index (χ0) is 13.7. The molecule has 0 bridgehead atoms. The molecule has 0 saturated carbocycles. The predicted molar refractivity (Wildman–Crippen MR) is 65.0 cm³/mol. The fourth-order valence-corrected chi connectivity index (χ4v) is 1.85. The fourth-order valence-electron chi connectivity index (χ4n) is 1.85. The second-order valence-corrected chi connectivity index (χ2v) is 4.64. The number of aliphatic hydroxyl groups is 2. The van der Waals surface area contributed by atoms with Gasteiger partial charge in [0.25, 0.3) is 0 Å². The Kier molecular flexibility index (Phi) is 5.65. The van der Waals surface area contributed by atoms with Crippen molar-refractivity contribution in [2.24, 2.45) is 0 Å². The highest BCUT2D eigenvalue weighted by Gasteiger charge is 2.12. The number of nitrogens with zero attached hydrogens (tertiary/aromatic N) is 1. The van der Waals surface area contributed by atoms with Crippen LogP contribution in [0.1, 0.15) is 19.4 Å². The van der Waals surface area contributed by atoms with Crippen LogP contribution in [0.3, 0.4) is 0 Å². The summed E-state index contributed by atoms with van der Waals surface area (Å²) in [5, 5.41) is 18.7. The first-order chi connectivity index (χ1) is 8.38. The van der Waals surface area contributed by atoms with Crippen LogP contribution in [0.25, 0.3) is 0 Å². The van der Waals surface area contributed by atoms with Gasteiger partial charge in [-0.2, -0.15) is 0 Å². The highest BCUT2D eigenvalue weighted by molar-refractivity contribution is 5.17. The van der Waals surface area contributed by atoms with Crippen LogP contribution in [0.2, 0.25) is 0 Å². The third-order valence-electron chi connectivity index (χ3n) is 2.44. The molecule has 3 nitrogen and oxygen atoms in total. The predicted octanol–water partition coefficient (Wildman–Crippen LogP) is 1.53. The van der Waals surface area contributed by atoms with Crippen molar-refractivity contribution in [2.45, 2.75) is 32.6 Å². The number of hydrogen-bond acceptors (Lipinski definition) is 3. The number of benzene rings is 1. The first-order valence-corrected chi connectivity index (χ1v) is 5.91. The van der Waals surface area contributed by atoms with E-state index in [-0.39, 0.29) is 0 Å². The van der Waals surface area contributed by atoms with E-state index in [9.17, 15) is 19.0 Å². The summed E-state index contributed by atoms with van der Waals surface area (Å²) in [6.07, 6.45) is -1.09. The fraction of sp³-hybridized carbons (Fsp3) is 0.538. The lowest BCUT2D eigenvalue weighted by molar-refractivity contribution is 0.0793. The van der Waals surface area contributed by atoms with E-state index in [1.807, 2.05) is 0 Å². The number of rotatable bonds is 6. The van der Waals surface area contributed by atoms with Crippen molar-refractivity contribution < 1.29 is 19.0 Å². The van der Waals surface area contributed by atoms with Crippen molar-refractivity contribution in [3.63, 3.8) is 0 Å². The molecule has 0 fully saturated rings. The molecule has 2 atom stereocenters. The van der Waals surface area contributed by atoms with Gasteiger partial charge in [-0.1, -0.05) is 6.07 Å². The molecule has 0 aliphatic heterocycles. The van der Waals surface area contributed by atoms with Gasteiger partial charge in [0.2, 0.25) is 0 Å². The van der Waals surface area contributed by atoms with E-state index < -0.39 is 23.8 Å². The van der Waals surface area contributed by atoms with Crippen LogP contribution >= 0.6 is 0 Å². The average Bonchev–Trinajstić information content (AvgIpc) is 2.21. The van der Waals surface area contributed by atoms with Gasteiger partial charge in [-0.15, -0.1) is 0 Å². The standard InChI is InChI=1S/C13H19F2NO2/c1-9(17)6-16(7-10(2)18)8-11-3-4-12(14)13(15)5-11/h3-5,9-10,17-18H,6-8H2,1-2H3. The minimum Gasteiger partial charge on any atom is -0.392 e. The quantitative estimate of drug-likeness (QED) is 0.814. The topological polar surface area (TPSA) is 43.7 Å². The Balaban J connectivity index is 2.71. The first kappa shape index (κ1) is 15.0. The Morgan fingerprint density at radius 3 is 2.06 bits per heavy atom. The molecule has 0 heterocycles. The van der Waals surface area contributed by atoms with E-state index in [4.69, 9.17) is 0 Å². The molecule has 1 aromatic rings. The van der Waals surface area contributed by atoms with E-state index in [0.717, 1.165) is 12.1 Å². The molecule has 0 spiro atoms. The summed E-state index contributed by atoms with van der Waals surface area (Å²) >= 11 is 0. The Hall–Kier alpha value is -1.04. The van der Waals surface area contributed by atoms with Gasteiger partial charge in [-0.25, -0.2) is 8.78 Å². The second kappa shape index (κ2) is 6.78. The van der Waals surface area contributed by atoms with E-state index in [1.165, 1.54) is 6.07 Å². The summed E-state index contributed by atoms with van der Waals surface area (Å²) in [5.74, 6) is -1.77. The van der Waals surface area contributed by atoms with Crippen LogP contribution < -0.4 is 0 Å². The largest absolute Gasteiger partial charge is 0.392 e. The summed E-state index contributed by atoms with van der Waals surface area (Å²) in [5.41, 5.74) is 0.607. The molecule has 0 saturated heterocycles. The van der Waals surface area contributed by atoms with Gasteiger partial charge in [0, 0.05) is 19.6 Å². The minimum atomic E-state index is -0.887. The zero-order valence-electron chi connectivity index (χ0n) is 10.6. The molecular weight excluding hydrogens is 240 g/mol. The Morgan fingerprint density at radius 2 is 1.61 bits per heavy atom. The van der Waals surface area contributed by atoms with Crippen LogP contribution in [-0.4, -0.2) is 40.4 Å². The summed E-state index contributed by atoms with van der Waals surface area (Å²) in [6.45, 7) is 4.36. The van der Waals surface area contributed by atoms with Gasteiger partial charge in [0.1, 0.15) is 0 Å². The zero-order valence-corrected chi connectivity index (χ0v) is 10.6. The maximum atomic E-state index is 13.1. The second-order valence-electron chi connectivity index (χ2n) is 4.64. The minimum absolute atomic E-state index is 0.354. The molecule has 18 heavy (non-hydrogen) atoms. The monoisotopic (exact) mass is 259 g/mol. The van der Waals surface area contributed by atoms with Crippen molar-refractivity contribution in [2.75, 3.05) is 13.1 Å². The molecule has 1 aromatic carbocycles. The van der Waals surface area contributed by atoms with Gasteiger partial charge in [0.15, 0.2) is 11.6 Å². The summed E-state index contributed by atoms with van der Waals surface area (Å²) in [6, 6.07) is 3.70. The maximum absolute atomic E-state index is 13.1. The van der Waals surface area contributed by atoms with Crippen molar-refractivity contribution in [1.29, 1.82) is 0 Å². The Bertz CT molecular complexity index is 373. The molecule has 1 rings (SSSR count). The normalized spacial score (nSPS) is 14.8. The summed E-state index contributed by atoms with van der Waals surface area (Å²) in [4.78, 5) is 1.79. The number of hydrogen-bond donors (Lipinski definition) is 2. The molecule has 5 heteroatoms.